The smallest absolute Gasteiger partial charge is 0.289 e. The van der Waals surface area contributed by atoms with E-state index in [0.29, 0.717) is 35.4 Å². The maximum atomic E-state index is 12.9. The fourth-order valence-corrected chi connectivity index (χ4v) is 4.03. The van der Waals surface area contributed by atoms with E-state index in [9.17, 15) is 4.79 Å². The molecule has 7 nitrogen and oxygen atoms in total. The Hall–Kier alpha value is -2.87. The van der Waals surface area contributed by atoms with Gasteiger partial charge in [0.25, 0.3) is 5.91 Å². The van der Waals surface area contributed by atoms with Crippen molar-refractivity contribution in [3.05, 3.63) is 76.7 Å². The Labute approximate surface area is 203 Å². The molecule has 0 unspecified atom stereocenters. The second-order valence-electron chi connectivity index (χ2n) is 7.74. The predicted molar refractivity (Wildman–Crippen MR) is 118 cm³/mol. The number of piperazine rings is 1. The van der Waals surface area contributed by atoms with Crippen LogP contribution in [-0.4, -0.2) is 48.7 Å². The number of hydrogen-bond acceptors (Lipinski definition) is 6. The molecule has 174 valence electrons. The van der Waals surface area contributed by atoms with Crippen molar-refractivity contribution >= 4 is 17.5 Å². The molecule has 1 fully saturated rings. The number of carbonyl (C=O) groups excluding carboxylic acids is 1. The molecule has 0 aliphatic carbocycles. The molecule has 0 radical (unpaired) electrons. The number of benzene rings is 2. The average Bonchev–Trinajstić information content (AvgIpc) is 3.48. The minimum Gasteiger partial charge on any atom is -1.00 e. The minimum absolute atomic E-state index is 0. The predicted octanol–water partition coefficient (Wildman–Crippen LogP) is 1.20. The highest BCUT2D eigenvalue weighted by atomic mass is 35.5. The molecule has 3 aromatic rings. The zero-order valence-electron chi connectivity index (χ0n) is 17.8. The van der Waals surface area contributed by atoms with Crippen molar-refractivity contribution in [2.24, 2.45) is 0 Å². The summed E-state index contributed by atoms with van der Waals surface area (Å²) in [5.41, 5.74) is 1.17. The van der Waals surface area contributed by atoms with Gasteiger partial charge in [-0.15, -0.1) is 0 Å². The van der Waals surface area contributed by atoms with Crippen LogP contribution in [0.5, 0.6) is 17.2 Å². The second-order valence-corrected chi connectivity index (χ2v) is 8.15. The molecule has 1 saturated heterocycles. The van der Waals surface area contributed by atoms with Crippen molar-refractivity contribution in [1.82, 2.24) is 9.80 Å². The van der Waals surface area contributed by atoms with Crippen molar-refractivity contribution in [2.45, 2.75) is 13.2 Å². The van der Waals surface area contributed by atoms with E-state index in [0.717, 1.165) is 31.1 Å². The lowest BCUT2D eigenvalue weighted by Crippen LogP contribution is -3.00. The molecule has 0 spiro atoms. The van der Waals surface area contributed by atoms with Crippen molar-refractivity contribution in [1.29, 1.82) is 0 Å². The van der Waals surface area contributed by atoms with Crippen LogP contribution < -0.4 is 26.6 Å². The van der Waals surface area contributed by atoms with Crippen LogP contribution in [-0.2, 0) is 13.2 Å². The van der Waals surface area contributed by atoms with Crippen molar-refractivity contribution < 1.29 is 35.8 Å². The molecule has 2 aliphatic rings. The summed E-state index contributed by atoms with van der Waals surface area (Å²) in [6.07, 6.45) is 0. The Morgan fingerprint density at radius 3 is 2.58 bits per heavy atom. The van der Waals surface area contributed by atoms with Crippen LogP contribution in [0, 0.1) is 0 Å². The van der Waals surface area contributed by atoms with E-state index >= 15 is 0 Å². The summed E-state index contributed by atoms with van der Waals surface area (Å²) in [6, 6.07) is 16.7. The van der Waals surface area contributed by atoms with Crippen LogP contribution in [0.25, 0.3) is 0 Å². The third-order valence-electron chi connectivity index (χ3n) is 5.58. The van der Waals surface area contributed by atoms with Gasteiger partial charge >= 0.3 is 0 Å². The van der Waals surface area contributed by atoms with Gasteiger partial charge < -0.3 is 35.9 Å². The Bertz CT molecular complexity index is 1110. The number of ether oxygens (including phenoxy) is 3. The van der Waals surface area contributed by atoms with E-state index in [1.165, 1.54) is 5.56 Å². The molecule has 0 atom stereocenters. The fourth-order valence-electron chi connectivity index (χ4n) is 3.84. The molecule has 3 heterocycles. The number of hydrogen-bond donors (Lipinski definition) is 0. The number of carbonyl (C=O) groups is 1. The Kier molecular flexibility index (Phi) is 7.33. The summed E-state index contributed by atoms with van der Waals surface area (Å²) in [4.78, 5) is 17.0. The van der Waals surface area contributed by atoms with E-state index in [-0.39, 0.29) is 31.7 Å². The van der Waals surface area contributed by atoms with Gasteiger partial charge in [-0.2, -0.15) is 0 Å². The molecule has 0 saturated carbocycles. The summed E-state index contributed by atoms with van der Waals surface area (Å²) in [5.74, 6) is 2.97. The molecular formula is C24H23Cl2N2O5-. The van der Waals surface area contributed by atoms with E-state index in [2.05, 4.69) is 11.0 Å². The van der Waals surface area contributed by atoms with E-state index < -0.39 is 0 Å². The Morgan fingerprint density at radius 2 is 1.76 bits per heavy atom. The van der Waals surface area contributed by atoms with Gasteiger partial charge in [0.15, 0.2) is 17.3 Å². The summed E-state index contributed by atoms with van der Waals surface area (Å²) >= 11 is 6.10. The van der Waals surface area contributed by atoms with Gasteiger partial charge in [0.1, 0.15) is 18.1 Å². The number of amides is 1. The molecule has 5 rings (SSSR count). The first-order chi connectivity index (χ1) is 15.7. The zero-order valence-corrected chi connectivity index (χ0v) is 19.3. The highest BCUT2D eigenvalue weighted by Gasteiger charge is 2.25. The van der Waals surface area contributed by atoms with Crippen molar-refractivity contribution in [3.63, 3.8) is 0 Å². The first kappa shape index (κ1) is 23.3. The van der Waals surface area contributed by atoms with Crippen LogP contribution in [0.15, 0.2) is 59.0 Å². The molecule has 2 aromatic carbocycles. The topological polar surface area (TPSA) is 64.4 Å². The van der Waals surface area contributed by atoms with Gasteiger partial charge in [0.05, 0.1) is 5.02 Å². The summed E-state index contributed by atoms with van der Waals surface area (Å²) in [5, 5.41) is 0.536. The van der Waals surface area contributed by atoms with E-state index in [4.69, 9.17) is 30.2 Å². The number of furan rings is 1. The summed E-state index contributed by atoms with van der Waals surface area (Å²) in [7, 11) is 0. The molecule has 1 amide bonds. The standard InChI is InChI=1S/C24H23ClN2O5.ClH/c25-19-3-1-2-4-20(19)29-15-18-6-8-22(32-18)24(28)27-11-9-26(10-12-27)14-17-5-7-21-23(13-17)31-16-30-21;/h1-8,13H,9-12,14-16H2;1H/p-1. The Balaban J connectivity index is 0.00000259. The quantitative estimate of drug-likeness (QED) is 0.518. The van der Waals surface area contributed by atoms with Gasteiger partial charge in [0, 0.05) is 32.7 Å². The maximum absolute atomic E-state index is 12.9. The molecular weight excluding hydrogens is 467 g/mol. The average molecular weight is 490 g/mol. The normalized spacial score (nSPS) is 15.2. The minimum atomic E-state index is -0.100. The number of fused-ring (bicyclic) bond motifs is 1. The maximum Gasteiger partial charge on any atom is 0.289 e. The lowest BCUT2D eigenvalue weighted by molar-refractivity contribution is -0.0000190. The van der Waals surface area contributed by atoms with Gasteiger partial charge in [-0.25, -0.2) is 0 Å². The van der Waals surface area contributed by atoms with Crippen molar-refractivity contribution in [3.8, 4) is 17.2 Å². The first-order valence-electron chi connectivity index (χ1n) is 10.5. The van der Waals surface area contributed by atoms with Gasteiger partial charge in [-0.3, -0.25) is 9.69 Å². The molecule has 2 aliphatic heterocycles. The molecule has 33 heavy (non-hydrogen) atoms. The van der Waals surface area contributed by atoms with Crippen LogP contribution in [0.3, 0.4) is 0 Å². The third-order valence-corrected chi connectivity index (χ3v) is 5.89. The summed E-state index contributed by atoms with van der Waals surface area (Å²) in [6.45, 7) is 4.18. The van der Waals surface area contributed by atoms with Gasteiger partial charge in [-0.05, 0) is 42.0 Å². The zero-order chi connectivity index (χ0) is 21.9. The molecule has 9 heteroatoms. The number of rotatable bonds is 6. The highest BCUT2D eigenvalue weighted by Crippen LogP contribution is 2.33. The van der Waals surface area contributed by atoms with Crippen LogP contribution in [0.2, 0.25) is 5.02 Å². The van der Waals surface area contributed by atoms with Gasteiger partial charge in [-0.1, -0.05) is 29.8 Å². The molecule has 0 bridgehead atoms. The number of halogens is 2. The number of nitrogens with zero attached hydrogens (tertiary/aromatic N) is 2. The lowest BCUT2D eigenvalue weighted by atomic mass is 10.1. The summed E-state index contributed by atoms with van der Waals surface area (Å²) < 4.78 is 22.2. The molecule has 0 N–H and O–H groups in total. The monoisotopic (exact) mass is 489 g/mol. The fraction of sp³-hybridized carbons (Fsp3) is 0.292. The van der Waals surface area contributed by atoms with Crippen LogP contribution >= 0.6 is 11.6 Å². The van der Waals surface area contributed by atoms with Crippen LogP contribution in [0.1, 0.15) is 21.9 Å². The number of para-hydroxylation sites is 1. The van der Waals surface area contributed by atoms with Crippen molar-refractivity contribution in [2.75, 3.05) is 33.0 Å². The SMILES string of the molecule is O=C(c1ccc(COc2ccccc2Cl)o1)N1CCN(Cc2ccc3c(c2)OCO3)CC1.[Cl-]. The first-order valence-corrected chi connectivity index (χ1v) is 10.9. The van der Waals surface area contributed by atoms with E-state index in [1.807, 2.05) is 29.2 Å². The second kappa shape index (κ2) is 10.4. The third kappa shape index (κ3) is 5.38. The highest BCUT2D eigenvalue weighted by molar-refractivity contribution is 6.32. The molecule has 1 aromatic heterocycles. The van der Waals surface area contributed by atoms with Gasteiger partial charge in [0.2, 0.25) is 6.79 Å². The lowest BCUT2D eigenvalue weighted by Gasteiger charge is -2.34. The Morgan fingerprint density at radius 1 is 0.970 bits per heavy atom. The largest absolute Gasteiger partial charge is 1.00 e. The van der Waals surface area contributed by atoms with E-state index in [1.54, 1.807) is 24.3 Å². The van der Waals surface area contributed by atoms with Crippen LogP contribution in [0.4, 0.5) is 0 Å².